The normalized spacial score (nSPS) is 12.4. The van der Waals surface area contributed by atoms with Crippen molar-refractivity contribution in [2.45, 2.75) is 6.04 Å². The van der Waals surface area contributed by atoms with E-state index in [0.29, 0.717) is 6.54 Å². The number of thiophene rings is 1. The molecule has 1 aromatic heterocycles. The standard InChI is InChI=1S/C13H14ClFN2S/c1-17(10-4-2-3-9(15)7-10)11(8-16)12-5-6-13(14)18-12/h2-7,11H,8,16H2,1H3. The SMILES string of the molecule is CN(c1cccc(F)c1)C(CN)c1ccc(Cl)s1. The van der Waals surface area contributed by atoms with Gasteiger partial charge in [-0.2, -0.15) is 0 Å². The molecule has 2 nitrogen and oxygen atoms in total. The van der Waals surface area contributed by atoms with E-state index in [9.17, 15) is 4.39 Å². The highest BCUT2D eigenvalue weighted by Crippen LogP contribution is 2.32. The number of hydrogen-bond donors (Lipinski definition) is 1. The van der Waals surface area contributed by atoms with E-state index >= 15 is 0 Å². The third-order valence-corrected chi connectivity index (χ3v) is 4.16. The predicted octanol–water partition coefficient (Wildman–Crippen LogP) is 3.68. The Morgan fingerprint density at radius 1 is 1.39 bits per heavy atom. The summed E-state index contributed by atoms with van der Waals surface area (Å²) in [6.07, 6.45) is 0. The molecule has 0 radical (unpaired) electrons. The smallest absolute Gasteiger partial charge is 0.125 e. The molecule has 0 saturated carbocycles. The van der Waals surface area contributed by atoms with Crippen LogP contribution in [0, 0.1) is 5.82 Å². The van der Waals surface area contributed by atoms with Crippen LogP contribution in [0.15, 0.2) is 36.4 Å². The quantitative estimate of drug-likeness (QED) is 0.928. The lowest BCUT2D eigenvalue weighted by atomic mass is 10.2. The van der Waals surface area contributed by atoms with Crippen LogP contribution in [0.3, 0.4) is 0 Å². The molecule has 0 bridgehead atoms. The highest BCUT2D eigenvalue weighted by molar-refractivity contribution is 7.16. The first-order valence-electron chi connectivity index (χ1n) is 5.55. The molecule has 0 fully saturated rings. The molecule has 1 atom stereocenters. The van der Waals surface area contributed by atoms with Crippen molar-refractivity contribution in [3.63, 3.8) is 0 Å². The van der Waals surface area contributed by atoms with Crippen LogP contribution in [0.1, 0.15) is 10.9 Å². The zero-order valence-electron chi connectivity index (χ0n) is 9.94. The topological polar surface area (TPSA) is 29.3 Å². The first-order chi connectivity index (χ1) is 8.61. The fraction of sp³-hybridized carbons (Fsp3) is 0.231. The maximum atomic E-state index is 13.2. The van der Waals surface area contributed by atoms with Crippen molar-refractivity contribution < 1.29 is 4.39 Å². The largest absolute Gasteiger partial charge is 0.365 e. The number of nitrogens with two attached hydrogens (primary N) is 1. The van der Waals surface area contributed by atoms with Gasteiger partial charge in [0.2, 0.25) is 0 Å². The van der Waals surface area contributed by atoms with Crippen molar-refractivity contribution in [1.29, 1.82) is 0 Å². The minimum absolute atomic E-state index is 0.00398. The van der Waals surface area contributed by atoms with Gasteiger partial charge in [-0.05, 0) is 30.3 Å². The van der Waals surface area contributed by atoms with E-state index in [-0.39, 0.29) is 11.9 Å². The number of rotatable bonds is 4. The summed E-state index contributed by atoms with van der Waals surface area (Å²) in [7, 11) is 1.90. The van der Waals surface area contributed by atoms with Crippen LogP contribution in [0.2, 0.25) is 4.34 Å². The van der Waals surface area contributed by atoms with Gasteiger partial charge < -0.3 is 10.6 Å². The van der Waals surface area contributed by atoms with E-state index in [2.05, 4.69) is 0 Å². The Balaban J connectivity index is 2.28. The van der Waals surface area contributed by atoms with Crippen LogP contribution in [0.5, 0.6) is 0 Å². The maximum absolute atomic E-state index is 13.2. The van der Waals surface area contributed by atoms with Crippen molar-refractivity contribution in [2.24, 2.45) is 5.73 Å². The number of benzene rings is 1. The second-order valence-corrected chi connectivity index (χ2v) is 5.73. The molecule has 5 heteroatoms. The van der Waals surface area contributed by atoms with Gasteiger partial charge >= 0.3 is 0 Å². The van der Waals surface area contributed by atoms with Crippen molar-refractivity contribution in [3.05, 3.63) is 51.4 Å². The molecule has 0 spiro atoms. The van der Waals surface area contributed by atoms with Crippen LogP contribution < -0.4 is 10.6 Å². The first kappa shape index (κ1) is 13.3. The Bertz CT molecular complexity index is 529. The van der Waals surface area contributed by atoms with E-state index in [1.807, 2.05) is 30.1 Å². The van der Waals surface area contributed by atoms with Gasteiger partial charge in [-0.3, -0.25) is 0 Å². The average Bonchev–Trinajstić information content (AvgIpc) is 2.76. The zero-order valence-corrected chi connectivity index (χ0v) is 11.5. The van der Waals surface area contributed by atoms with Crippen LogP contribution in [0.25, 0.3) is 0 Å². The number of hydrogen-bond acceptors (Lipinski definition) is 3. The Morgan fingerprint density at radius 3 is 2.72 bits per heavy atom. The first-order valence-corrected chi connectivity index (χ1v) is 6.75. The van der Waals surface area contributed by atoms with Crippen molar-refractivity contribution in [1.82, 2.24) is 0 Å². The molecule has 0 aliphatic rings. The molecule has 2 rings (SSSR count). The van der Waals surface area contributed by atoms with Crippen molar-refractivity contribution >= 4 is 28.6 Å². The predicted molar refractivity (Wildman–Crippen MR) is 75.9 cm³/mol. The summed E-state index contributed by atoms with van der Waals surface area (Å²) in [5.41, 5.74) is 6.62. The molecule has 2 aromatic rings. The second-order valence-electron chi connectivity index (χ2n) is 3.98. The number of likely N-dealkylation sites (N-methyl/N-ethyl adjacent to an activating group) is 1. The molecule has 0 aliphatic carbocycles. The monoisotopic (exact) mass is 284 g/mol. The van der Waals surface area contributed by atoms with Crippen LogP contribution in [-0.4, -0.2) is 13.6 Å². The Labute approximate surface area is 115 Å². The zero-order chi connectivity index (χ0) is 13.1. The van der Waals surface area contributed by atoms with Gasteiger partial charge in [-0.25, -0.2) is 4.39 Å². The summed E-state index contributed by atoms with van der Waals surface area (Å²) in [6.45, 7) is 0.448. The number of anilines is 1. The third kappa shape index (κ3) is 2.83. The van der Waals surface area contributed by atoms with E-state index in [4.69, 9.17) is 17.3 Å². The Hall–Kier alpha value is -1.10. The Kier molecular flexibility index (Phi) is 4.22. The molecule has 1 unspecified atom stereocenters. The fourth-order valence-corrected chi connectivity index (χ4v) is 3.07. The fourth-order valence-electron chi connectivity index (χ4n) is 1.85. The second kappa shape index (κ2) is 5.69. The van der Waals surface area contributed by atoms with Crippen molar-refractivity contribution in [2.75, 3.05) is 18.5 Å². The summed E-state index contributed by atoms with van der Waals surface area (Å²) in [4.78, 5) is 3.04. The summed E-state index contributed by atoms with van der Waals surface area (Å²) in [6, 6.07) is 10.3. The third-order valence-electron chi connectivity index (χ3n) is 2.83. The van der Waals surface area contributed by atoms with E-state index in [0.717, 1.165) is 14.9 Å². The molecular weight excluding hydrogens is 271 g/mol. The molecule has 2 N–H and O–H groups in total. The molecule has 18 heavy (non-hydrogen) atoms. The number of halogens is 2. The van der Waals surface area contributed by atoms with Gasteiger partial charge in [-0.1, -0.05) is 17.7 Å². The van der Waals surface area contributed by atoms with E-state index in [1.165, 1.54) is 23.5 Å². The summed E-state index contributed by atoms with van der Waals surface area (Å²) >= 11 is 7.43. The Morgan fingerprint density at radius 2 is 2.17 bits per heavy atom. The van der Waals surface area contributed by atoms with Crippen molar-refractivity contribution in [3.8, 4) is 0 Å². The summed E-state index contributed by atoms with van der Waals surface area (Å²) in [5.74, 6) is -0.251. The van der Waals surface area contributed by atoms with Crippen LogP contribution >= 0.6 is 22.9 Å². The molecule has 96 valence electrons. The lowest BCUT2D eigenvalue weighted by Crippen LogP contribution is -2.29. The van der Waals surface area contributed by atoms with Crippen LogP contribution in [-0.2, 0) is 0 Å². The van der Waals surface area contributed by atoms with Gasteiger partial charge in [0.1, 0.15) is 5.82 Å². The van der Waals surface area contributed by atoms with Gasteiger partial charge in [0.05, 0.1) is 10.4 Å². The summed E-state index contributed by atoms with van der Waals surface area (Å²) < 4.78 is 14.0. The lowest BCUT2D eigenvalue weighted by Gasteiger charge is -2.28. The highest BCUT2D eigenvalue weighted by Gasteiger charge is 2.18. The van der Waals surface area contributed by atoms with E-state index < -0.39 is 0 Å². The molecular formula is C13H14ClFN2S. The maximum Gasteiger partial charge on any atom is 0.125 e. The molecule has 1 aromatic carbocycles. The lowest BCUT2D eigenvalue weighted by molar-refractivity contribution is 0.624. The summed E-state index contributed by atoms with van der Waals surface area (Å²) in [5, 5.41) is 0. The van der Waals surface area contributed by atoms with Gasteiger partial charge in [0.25, 0.3) is 0 Å². The minimum Gasteiger partial charge on any atom is -0.365 e. The average molecular weight is 285 g/mol. The highest BCUT2D eigenvalue weighted by atomic mass is 35.5. The molecule has 1 heterocycles. The van der Waals surface area contributed by atoms with E-state index in [1.54, 1.807) is 6.07 Å². The molecule has 0 amide bonds. The van der Waals surface area contributed by atoms with Gasteiger partial charge in [0.15, 0.2) is 0 Å². The molecule has 0 saturated heterocycles. The minimum atomic E-state index is -0.251. The number of nitrogens with zero attached hydrogens (tertiary/aromatic N) is 1. The molecule has 0 aliphatic heterocycles. The van der Waals surface area contributed by atoms with Gasteiger partial charge in [0, 0.05) is 24.2 Å². The van der Waals surface area contributed by atoms with Gasteiger partial charge in [-0.15, -0.1) is 11.3 Å². The van der Waals surface area contributed by atoms with Crippen LogP contribution in [0.4, 0.5) is 10.1 Å².